The van der Waals surface area contributed by atoms with Crippen molar-refractivity contribution in [3.05, 3.63) is 101 Å². The quantitative estimate of drug-likeness (QED) is 0.470. The van der Waals surface area contributed by atoms with E-state index >= 15 is 0 Å². The zero-order chi connectivity index (χ0) is 22.3. The van der Waals surface area contributed by atoms with E-state index in [0.29, 0.717) is 27.8 Å². The lowest BCUT2D eigenvalue weighted by molar-refractivity contribution is 0.0955. The van der Waals surface area contributed by atoms with Gasteiger partial charge < -0.3 is 5.32 Å². The fourth-order valence-electron chi connectivity index (χ4n) is 3.94. The third-order valence-corrected chi connectivity index (χ3v) is 6.02. The Morgan fingerprint density at radius 3 is 2.12 bits per heavy atom. The van der Waals surface area contributed by atoms with Gasteiger partial charge in [0.25, 0.3) is 11.8 Å². The van der Waals surface area contributed by atoms with E-state index < -0.39 is 0 Å². The van der Waals surface area contributed by atoms with E-state index in [1.807, 2.05) is 6.07 Å². The number of nitrogens with one attached hydrogen (secondary N) is 2. The summed E-state index contributed by atoms with van der Waals surface area (Å²) in [5.41, 5.74) is 6.10. The molecule has 32 heavy (non-hydrogen) atoms. The molecular weight excluding hydrogens is 422 g/mol. The van der Waals surface area contributed by atoms with Crippen LogP contribution in [0.2, 0.25) is 5.02 Å². The van der Waals surface area contributed by atoms with Crippen LogP contribution in [0, 0.1) is 0 Å². The van der Waals surface area contributed by atoms with Gasteiger partial charge in [-0.25, -0.2) is 5.43 Å². The van der Waals surface area contributed by atoms with E-state index in [-0.39, 0.29) is 11.8 Å². The molecule has 0 atom stereocenters. The maximum Gasteiger partial charge on any atom is 0.273 e. The normalized spacial score (nSPS) is 15.7. The van der Waals surface area contributed by atoms with Gasteiger partial charge in [0.15, 0.2) is 0 Å². The first-order valence-electron chi connectivity index (χ1n) is 10.7. The van der Waals surface area contributed by atoms with E-state index in [1.165, 1.54) is 5.56 Å². The number of halogens is 1. The predicted molar refractivity (Wildman–Crippen MR) is 128 cm³/mol. The third-order valence-electron chi connectivity index (χ3n) is 5.69. The van der Waals surface area contributed by atoms with Crippen molar-refractivity contribution in [1.29, 1.82) is 0 Å². The minimum atomic E-state index is -0.374. The molecular formula is C26H24ClN3O2. The summed E-state index contributed by atoms with van der Waals surface area (Å²) in [6.07, 6.45) is 3.74. The summed E-state index contributed by atoms with van der Waals surface area (Å²) in [7, 11) is 0. The van der Waals surface area contributed by atoms with Crippen LogP contribution in [0.4, 0.5) is 5.69 Å². The first-order valence-corrected chi connectivity index (χ1v) is 11.1. The lowest BCUT2D eigenvalue weighted by atomic mass is 9.83. The van der Waals surface area contributed by atoms with E-state index in [1.54, 1.807) is 48.5 Å². The molecule has 6 heteroatoms. The van der Waals surface area contributed by atoms with E-state index in [0.717, 1.165) is 31.4 Å². The Morgan fingerprint density at radius 1 is 0.781 bits per heavy atom. The molecule has 2 amide bonds. The van der Waals surface area contributed by atoms with Crippen LogP contribution in [-0.4, -0.2) is 17.5 Å². The Balaban J connectivity index is 1.39. The minimum Gasteiger partial charge on any atom is -0.321 e. The number of carbonyl (C=O) groups is 2. The van der Waals surface area contributed by atoms with Crippen molar-refractivity contribution in [3.8, 4) is 0 Å². The summed E-state index contributed by atoms with van der Waals surface area (Å²) in [6.45, 7) is 0. The van der Waals surface area contributed by atoms with Gasteiger partial charge in [0.1, 0.15) is 0 Å². The summed E-state index contributed by atoms with van der Waals surface area (Å²) in [6, 6.07) is 24.1. The number of rotatable bonds is 5. The molecule has 2 N–H and O–H groups in total. The molecule has 0 radical (unpaired) electrons. The molecule has 1 fully saturated rings. The lowest BCUT2D eigenvalue weighted by Crippen LogP contribution is -2.24. The zero-order valence-corrected chi connectivity index (χ0v) is 18.3. The highest BCUT2D eigenvalue weighted by Crippen LogP contribution is 2.31. The molecule has 1 aliphatic rings. The largest absolute Gasteiger partial charge is 0.321 e. The van der Waals surface area contributed by atoms with Gasteiger partial charge in [-0.2, -0.15) is 5.10 Å². The number of amides is 2. The number of anilines is 1. The van der Waals surface area contributed by atoms with Crippen molar-refractivity contribution in [1.82, 2.24) is 5.43 Å². The molecule has 3 aromatic carbocycles. The molecule has 0 spiro atoms. The average molecular weight is 446 g/mol. The number of hydrogen-bond acceptors (Lipinski definition) is 3. The summed E-state index contributed by atoms with van der Waals surface area (Å²) >= 11 is 6.11. The third kappa shape index (κ3) is 5.24. The average Bonchev–Trinajstić information content (AvgIpc) is 2.84. The number of para-hydroxylation sites is 1. The van der Waals surface area contributed by atoms with Crippen molar-refractivity contribution in [2.45, 2.75) is 31.6 Å². The van der Waals surface area contributed by atoms with Crippen LogP contribution in [0.15, 0.2) is 84.0 Å². The zero-order valence-electron chi connectivity index (χ0n) is 17.6. The molecule has 3 aromatic rings. The SMILES string of the molecule is O=C(Nc1ccccc1C(=O)NN=C1CCC(c2ccccc2)CC1)c1ccccc1Cl. The molecule has 0 heterocycles. The van der Waals surface area contributed by atoms with Gasteiger partial charge >= 0.3 is 0 Å². The summed E-state index contributed by atoms with van der Waals surface area (Å²) in [5.74, 6) is -0.203. The summed E-state index contributed by atoms with van der Waals surface area (Å²) in [4.78, 5) is 25.4. The Morgan fingerprint density at radius 2 is 1.41 bits per heavy atom. The molecule has 0 bridgehead atoms. The highest BCUT2D eigenvalue weighted by molar-refractivity contribution is 6.34. The van der Waals surface area contributed by atoms with Crippen LogP contribution in [0.1, 0.15) is 57.9 Å². The molecule has 4 rings (SSSR count). The van der Waals surface area contributed by atoms with Gasteiger partial charge in [0, 0.05) is 5.71 Å². The van der Waals surface area contributed by atoms with Gasteiger partial charge in [-0.05, 0) is 61.4 Å². The Hall–Kier alpha value is -3.44. The van der Waals surface area contributed by atoms with E-state index in [4.69, 9.17) is 11.6 Å². The van der Waals surface area contributed by atoms with Crippen molar-refractivity contribution in [3.63, 3.8) is 0 Å². The Kier molecular flexibility index (Phi) is 6.97. The van der Waals surface area contributed by atoms with Crippen molar-refractivity contribution < 1.29 is 9.59 Å². The number of carbonyl (C=O) groups excluding carboxylic acids is 2. The van der Waals surface area contributed by atoms with Gasteiger partial charge in [-0.1, -0.05) is 66.2 Å². The Labute approximate surface area is 192 Å². The summed E-state index contributed by atoms with van der Waals surface area (Å²) < 4.78 is 0. The highest BCUT2D eigenvalue weighted by Gasteiger charge is 2.20. The molecule has 1 aliphatic carbocycles. The maximum atomic E-state index is 12.8. The fourth-order valence-corrected chi connectivity index (χ4v) is 4.16. The van der Waals surface area contributed by atoms with Crippen LogP contribution in [-0.2, 0) is 0 Å². The van der Waals surface area contributed by atoms with Crippen LogP contribution in [0.3, 0.4) is 0 Å². The monoisotopic (exact) mass is 445 g/mol. The van der Waals surface area contributed by atoms with Crippen molar-refractivity contribution >= 4 is 34.8 Å². The molecule has 0 aromatic heterocycles. The number of hydrazone groups is 1. The lowest BCUT2D eigenvalue weighted by Gasteiger charge is -2.23. The fraction of sp³-hybridized carbons (Fsp3) is 0.192. The van der Waals surface area contributed by atoms with Gasteiger partial charge in [0.2, 0.25) is 0 Å². The number of nitrogens with zero attached hydrogens (tertiary/aromatic N) is 1. The first-order chi connectivity index (χ1) is 15.6. The maximum absolute atomic E-state index is 12.8. The van der Waals surface area contributed by atoms with Gasteiger partial charge in [0.05, 0.1) is 21.8 Å². The highest BCUT2D eigenvalue weighted by atomic mass is 35.5. The second-order valence-electron chi connectivity index (χ2n) is 7.78. The number of hydrogen-bond donors (Lipinski definition) is 2. The first kappa shape index (κ1) is 21.8. The standard InChI is InChI=1S/C26H24ClN3O2/c27-23-12-6-4-10-21(23)25(31)28-24-13-7-5-11-22(24)26(32)30-29-20-16-14-19(15-17-20)18-8-2-1-3-9-18/h1-13,19H,14-17H2,(H,28,31)(H,30,32). The van der Waals surface area contributed by atoms with E-state index in [2.05, 4.69) is 40.1 Å². The molecule has 5 nitrogen and oxygen atoms in total. The van der Waals surface area contributed by atoms with Crippen LogP contribution in [0.5, 0.6) is 0 Å². The van der Waals surface area contributed by atoms with E-state index in [9.17, 15) is 9.59 Å². The molecule has 0 unspecified atom stereocenters. The van der Waals surface area contributed by atoms with Gasteiger partial charge in [-0.3, -0.25) is 9.59 Å². The minimum absolute atomic E-state index is 0.343. The van der Waals surface area contributed by atoms with Crippen LogP contribution < -0.4 is 10.7 Å². The topological polar surface area (TPSA) is 70.6 Å². The number of benzene rings is 3. The van der Waals surface area contributed by atoms with Gasteiger partial charge in [-0.15, -0.1) is 0 Å². The predicted octanol–water partition coefficient (Wildman–Crippen LogP) is 6.04. The van der Waals surface area contributed by atoms with Crippen molar-refractivity contribution in [2.24, 2.45) is 5.10 Å². The summed E-state index contributed by atoms with van der Waals surface area (Å²) in [5, 5.41) is 7.49. The second kappa shape index (κ2) is 10.2. The second-order valence-corrected chi connectivity index (χ2v) is 8.19. The molecule has 1 saturated carbocycles. The van der Waals surface area contributed by atoms with Crippen LogP contribution in [0.25, 0.3) is 0 Å². The molecule has 0 saturated heterocycles. The smallest absolute Gasteiger partial charge is 0.273 e. The van der Waals surface area contributed by atoms with Crippen LogP contribution >= 0.6 is 11.6 Å². The molecule has 0 aliphatic heterocycles. The molecule has 162 valence electrons. The van der Waals surface area contributed by atoms with Crippen molar-refractivity contribution in [2.75, 3.05) is 5.32 Å². The Bertz CT molecular complexity index is 1130.